The zero-order chi connectivity index (χ0) is 12.8. The fourth-order valence-corrected chi connectivity index (χ4v) is 1.48. The van der Waals surface area contributed by atoms with Crippen molar-refractivity contribution in [2.45, 2.75) is 19.4 Å². The minimum atomic E-state index is -0.501. The van der Waals surface area contributed by atoms with Gasteiger partial charge in [0, 0.05) is 19.8 Å². The molecule has 0 bridgehead atoms. The minimum Gasteiger partial charge on any atom is -0.385 e. The van der Waals surface area contributed by atoms with Crippen LogP contribution in [0.3, 0.4) is 0 Å². The van der Waals surface area contributed by atoms with Crippen LogP contribution in [0.2, 0.25) is 5.15 Å². The van der Waals surface area contributed by atoms with E-state index in [9.17, 15) is 10.1 Å². The summed E-state index contributed by atoms with van der Waals surface area (Å²) in [5.41, 5.74) is -0.0774. The number of nitrogens with zero attached hydrogens (tertiary/aromatic N) is 2. The van der Waals surface area contributed by atoms with E-state index in [0.717, 1.165) is 6.42 Å². The van der Waals surface area contributed by atoms with Crippen LogP contribution in [0.4, 0.5) is 11.5 Å². The zero-order valence-corrected chi connectivity index (χ0v) is 10.4. The maximum atomic E-state index is 10.6. The molecular formula is C10H14ClN3O3. The van der Waals surface area contributed by atoms with Gasteiger partial charge in [-0.25, -0.2) is 4.98 Å². The van der Waals surface area contributed by atoms with Crippen molar-refractivity contribution in [3.05, 3.63) is 27.4 Å². The molecule has 6 nitrogen and oxygen atoms in total. The van der Waals surface area contributed by atoms with Crippen LogP contribution in [0.5, 0.6) is 0 Å². The van der Waals surface area contributed by atoms with E-state index in [1.807, 2.05) is 6.92 Å². The lowest BCUT2D eigenvalue weighted by atomic mass is 10.2. The summed E-state index contributed by atoms with van der Waals surface area (Å²) >= 11 is 5.70. The number of anilines is 1. The van der Waals surface area contributed by atoms with Gasteiger partial charge in [-0.15, -0.1) is 0 Å². The Balaban J connectivity index is 2.73. The molecule has 0 saturated heterocycles. The van der Waals surface area contributed by atoms with Crippen LogP contribution in [0.25, 0.3) is 0 Å². The van der Waals surface area contributed by atoms with Gasteiger partial charge < -0.3 is 10.1 Å². The molecule has 0 aliphatic rings. The summed E-state index contributed by atoms with van der Waals surface area (Å²) < 4.78 is 4.94. The van der Waals surface area contributed by atoms with E-state index in [1.165, 1.54) is 12.1 Å². The van der Waals surface area contributed by atoms with Crippen molar-refractivity contribution in [3.63, 3.8) is 0 Å². The molecule has 1 aromatic rings. The van der Waals surface area contributed by atoms with Crippen molar-refractivity contribution >= 4 is 23.1 Å². The Morgan fingerprint density at radius 2 is 2.35 bits per heavy atom. The molecule has 1 aromatic heterocycles. The maximum Gasteiger partial charge on any atom is 0.276 e. The van der Waals surface area contributed by atoms with E-state index in [2.05, 4.69) is 10.3 Å². The highest BCUT2D eigenvalue weighted by atomic mass is 35.5. The van der Waals surface area contributed by atoms with Crippen molar-refractivity contribution in [2.75, 3.05) is 19.0 Å². The average Bonchev–Trinajstić information content (AvgIpc) is 2.25. The Morgan fingerprint density at radius 1 is 1.65 bits per heavy atom. The second-order valence-electron chi connectivity index (χ2n) is 3.62. The van der Waals surface area contributed by atoms with Crippen LogP contribution in [0.15, 0.2) is 12.1 Å². The minimum absolute atomic E-state index is 0.0774. The van der Waals surface area contributed by atoms with Crippen LogP contribution in [-0.2, 0) is 4.74 Å². The van der Waals surface area contributed by atoms with Gasteiger partial charge in [-0.2, -0.15) is 0 Å². The predicted molar refractivity (Wildman–Crippen MR) is 65.5 cm³/mol. The van der Waals surface area contributed by atoms with Gasteiger partial charge in [-0.05, 0) is 13.3 Å². The molecule has 94 valence electrons. The van der Waals surface area contributed by atoms with Crippen LogP contribution in [0.1, 0.15) is 13.3 Å². The third-order valence-electron chi connectivity index (χ3n) is 2.14. The van der Waals surface area contributed by atoms with Crippen LogP contribution < -0.4 is 5.32 Å². The number of pyridine rings is 1. The first-order valence-electron chi connectivity index (χ1n) is 5.10. The summed E-state index contributed by atoms with van der Waals surface area (Å²) in [6.45, 7) is 2.55. The van der Waals surface area contributed by atoms with Gasteiger partial charge in [0.05, 0.1) is 17.1 Å². The highest BCUT2D eigenvalue weighted by Crippen LogP contribution is 2.21. The number of ether oxygens (including phenoxy) is 1. The second kappa shape index (κ2) is 6.36. The van der Waals surface area contributed by atoms with Crippen LogP contribution in [-0.4, -0.2) is 29.7 Å². The number of hydrogen-bond donors (Lipinski definition) is 1. The summed E-state index contributed by atoms with van der Waals surface area (Å²) in [6.07, 6.45) is 0.776. The van der Waals surface area contributed by atoms with E-state index in [4.69, 9.17) is 16.3 Å². The number of hydrogen-bond acceptors (Lipinski definition) is 5. The number of aromatic nitrogens is 1. The molecule has 0 aliphatic carbocycles. The van der Waals surface area contributed by atoms with Crippen molar-refractivity contribution in [1.82, 2.24) is 4.98 Å². The molecule has 7 heteroatoms. The molecule has 0 radical (unpaired) electrons. The van der Waals surface area contributed by atoms with Gasteiger partial charge in [0.25, 0.3) is 5.69 Å². The molecule has 0 spiro atoms. The van der Waals surface area contributed by atoms with Crippen LogP contribution >= 0.6 is 11.6 Å². The molecule has 0 saturated carbocycles. The summed E-state index contributed by atoms with van der Waals surface area (Å²) in [6, 6.07) is 2.67. The third kappa shape index (κ3) is 4.54. The average molecular weight is 260 g/mol. The number of methoxy groups -OCH3 is 1. The molecular weight excluding hydrogens is 246 g/mol. The van der Waals surface area contributed by atoms with Crippen LogP contribution in [0, 0.1) is 10.1 Å². The van der Waals surface area contributed by atoms with E-state index < -0.39 is 4.92 Å². The molecule has 1 atom stereocenters. The SMILES string of the molecule is COCCC(C)Nc1cc([N+](=O)[O-])cc(Cl)n1. The van der Waals surface area contributed by atoms with Gasteiger partial charge in [-0.3, -0.25) is 10.1 Å². The number of nitro groups is 1. The second-order valence-corrected chi connectivity index (χ2v) is 4.00. The molecule has 17 heavy (non-hydrogen) atoms. The lowest BCUT2D eigenvalue weighted by molar-refractivity contribution is -0.384. The summed E-state index contributed by atoms with van der Waals surface area (Å²) in [5.74, 6) is 0.396. The van der Waals surface area contributed by atoms with Gasteiger partial charge in [0.15, 0.2) is 0 Å². The molecule has 0 amide bonds. The zero-order valence-electron chi connectivity index (χ0n) is 9.64. The normalized spacial score (nSPS) is 12.2. The molecule has 0 aromatic carbocycles. The van der Waals surface area contributed by atoms with Gasteiger partial charge >= 0.3 is 0 Å². The Morgan fingerprint density at radius 3 is 2.94 bits per heavy atom. The molecule has 1 rings (SSSR count). The third-order valence-corrected chi connectivity index (χ3v) is 2.33. The van der Waals surface area contributed by atoms with E-state index >= 15 is 0 Å². The first kappa shape index (κ1) is 13.7. The van der Waals surface area contributed by atoms with Gasteiger partial charge in [0.2, 0.25) is 0 Å². The fourth-order valence-electron chi connectivity index (χ4n) is 1.28. The highest BCUT2D eigenvalue weighted by Gasteiger charge is 2.11. The Bertz CT molecular complexity index is 400. The first-order chi connectivity index (χ1) is 8.02. The van der Waals surface area contributed by atoms with Crippen molar-refractivity contribution in [3.8, 4) is 0 Å². The molecule has 0 aliphatic heterocycles. The fraction of sp³-hybridized carbons (Fsp3) is 0.500. The maximum absolute atomic E-state index is 10.6. The monoisotopic (exact) mass is 259 g/mol. The molecule has 1 heterocycles. The summed E-state index contributed by atoms with van der Waals surface area (Å²) in [5, 5.41) is 13.8. The Labute approximate surface area is 104 Å². The lowest BCUT2D eigenvalue weighted by Crippen LogP contribution is -2.18. The van der Waals surface area contributed by atoms with Crippen molar-refractivity contribution in [2.24, 2.45) is 0 Å². The Kier molecular flexibility index (Phi) is 5.11. The molecule has 1 unspecified atom stereocenters. The quantitative estimate of drug-likeness (QED) is 0.482. The molecule has 0 fully saturated rings. The standard InChI is InChI=1S/C10H14ClN3O3/c1-7(3-4-17-2)12-10-6-8(14(15)16)5-9(11)13-10/h5-7H,3-4H2,1-2H3,(H,12,13). The number of halogens is 1. The number of nitrogens with one attached hydrogen (secondary N) is 1. The summed E-state index contributed by atoms with van der Waals surface area (Å²) in [4.78, 5) is 14.1. The van der Waals surface area contributed by atoms with E-state index in [0.29, 0.717) is 12.4 Å². The van der Waals surface area contributed by atoms with Crippen molar-refractivity contribution in [1.29, 1.82) is 0 Å². The lowest BCUT2D eigenvalue weighted by Gasteiger charge is -2.13. The van der Waals surface area contributed by atoms with Gasteiger partial charge in [0.1, 0.15) is 11.0 Å². The molecule has 1 N–H and O–H groups in total. The number of rotatable bonds is 6. The largest absolute Gasteiger partial charge is 0.385 e. The van der Waals surface area contributed by atoms with E-state index in [1.54, 1.807) is 7.11 Å². The first-order valence-corrected chi connectivity index (χ1v) is 5.48. The topological polar surface area (TPSA) is 77.3 Å². The van der Waals surface area contributed by atoms with Crippen molar-refractivity contribution < 1.29 is 9.66 Å². The highest BCUT2D eigenvalue weighted by molar-refractivity contribution is 6.29. The smallest absolute Gasteiger partial charge is 0.276 e. The summed E-state index contributed by atoms with van der Waals surface area (Å²) in [7, 11) is 1.62. The van der Waals surface area contributed by atoms with Gasteiger partial charge in [-0.1, -0.05) is 11.6 Å². The van der Waals surface area contributed by atoms with E-state index in [-0.39, 0.29) is 16.9 Å². The Hall–Kier alpha value is -1.40. The predicted octanol–water partition coefficient (Wildman–Crippen LogP) is 2.48.